The van der Waals surface area contributed by atoms with Gasteiger partial charge in [0.25, 0.3) is 0 Å². The molecule has 1 N–H and O–H groups in total. The molecule has 174 valence electrons. The molecule has 2 aliphatic rings. The van der Waals surface area contributed by atoms with E-state index in [9.17, 15) is 22.8 Å². The molecule has 2 atom stereocenters. The first-order valence-corrected chi connectivity index (χ1v) is 11.0. The molecule has 0 bridgehead atoms. The van der Waals surface area contributed by atoms with Gasteiger partial charge >= 0.3 is 12.2 Å². The third-order valence-electron chi connectivity index (χ3n) is 6.17. The molecule has 7 nitrogen and oxygen atoms in total. The molecule has 1 saturated carbocycles. The zero-order valence-corrected chi connectivity index (χ0v) is 17.8. The molecule has 1 saturated heterocycles. The molecule has 0 spiro atoms. The van der Waals surface area contributed by atoms with Crippen molar-refractivity contribution in [2.75, 3.05) is 13.1 Å². The number of fused-ring (bicyclic) bond motifs is 1. The smallest absolute Gasteiger partial charge is 0.437 e. The molecule has 1 aromatic carbocycles. The Morgan fingerprint density at radius 2 is 2.03 bits per heavy atom. The predicted octanol–water partition coefficient (Wildman–Crippen LogP) is 4.68. The zero-order valence-electron chi connectivity index (χ0n) is 17.8. The summed E-state index contributed by atoms with van der Waals surface area (Å²) in [5.74, 6) is 0.213. The number of carbonyl (C=O) groups is 2. The molecule has 32 heavy (non-hydrogen) atoms. The number of halogens is 3. The Morgan fingerprint density at radius 3 is 2.75 bits per heavy atom. The van der Waals surface area contributed by atoms with Gasteiger partial charge in [0.15, 0.2) is 11.3 Å². The summed E-state index contributed by atoms with van der Waals surface area (Å²) >= 11 is 0. The lowest BCUT2D eigenvalue weighted by Gasteiger charge is -2.36. The van der Waals surface area contributed by atoms with Crippen molar-refractivity contribution in [2.45, 2.75) is 64.1 Å². The van der Waals surface area contributed by atoms with Gasteiger partial charge in [0.1, 0.15) is 11.9 Å². The number of aromatic nitrogens is 1. The van der Waals surface area contributed by atoms with Gasteiger partial charge in [0.05, 0.1) is 5.39 Å². The van der Waals surface area contributed by atoms with Crippen LogP contribution >= 0.6 is 0 Å². The second-order valence-corrected chi connectivity index (χ2v) is 8.38. The number of ether oxygens (including phenoxy) is 1. The van der Waals surface area contributed by atoms with E-state index < -0.39 is 11.9 Å². The van der Waals surface area contributed by atoms with Gasteiger partial charge < -0.3 is 14.6 Å². The van der Waals surface area contributed by atoms with Gasteiger partial charge in [-0.25, -0.2) is 4.79 Å². The van der Waals surface area contributed by atoms with Crippen LogP contribution in [-0.4, -0.2) is 41.2 Å². The average molecular weight is 453 g/mol. The highest BCUT2D eigenvalue weighted by Gasteiger charge is 2.38. The van der Waals surface area contributed by atoms with Crippen molar-refractivity contribution in [1.82, 2.24) is 15.4 Å². The molecule has 0 radical (unpaired) electrons. The Morgan fingerprint density at radius 1 is 1.25 bits per heavy atom. The molecule has 2 fully saturated rings. The Bertz CT molecular complexity index is 988. The first kappa shape index (κ1) is 22.4. The minimum atomic E-state index is -4.60. The maximum atomic E-state index is 13.3. The SMILES string of the molecule is CCCc1c(OC2CCCC[C@H]2CN2C(=O)CCNC2=O)ccc2c(C(F)(F)F)noc12. The number of benzene rings is 1. The summed E-state index contributed by atoms with van der Waals surface area (Å²) < 4.78 is 51.2. The molecule has 1 unspecified atom stereocenters. The minimum Gasteiger partial charge on any atom is -0.490 e. The summed E-state index contributed by atoms with van der Waals surface area (Å²) in [5.41, 5.74) is -0.389. The summed E-state index contributed by atoms with van der Waals surface area (Å²) in [6.45, 7) is 2.53. The maximum absolute atomic E-state index is 13.3. The van der Waals surface area contributed by atoms with Crippen LogP contribution in [0.3, 0.4) is 0 Å². The Labute approximate surface area is 183 Å². The van der Waals surface area contributed by atoms with E-state index in [0.29, 0.717) is 30.7 Å². The number of imide groups is 1. The summed E-state index contributed by atoms with van der Waals surface area (Å²) in [5, 5.41) is 5.87. The molecule has 1 aliphatic heterocycles. The molecule has 2 heterocycles. The molecule has 2 aromatic rings. The van der Waals surface area contributed by atoms with E-state index in [1.54, 1.807) is 6.07 Å². The van der Waals surface area contributed by atoms with Gasteiger partial charge in [-0.2, -0.15) is 13.2 Å². The standard InChI is InChI=1S/C22H26F3N3O4/c1-2-5-14-17(9-8-15-19(14)32-27-20(15)22(23,24)25)31-16-7-4-3-6-13(16)12-28-18(29)10-11-26-21(28)30/h8-9,13,16H,2-7,10-12H2,1H3,(H,26,30)/t13-,16?/m0/s1. The Balaban J connectivity index is 1.61. The Hall–Kier alpha value is -2.78. The van der Waals surface area contributed by atoms with E-state index in [1.807, 2.05) is 6.92 Å². The van der Waals surface area contributed by atoms with Gasteiger partial charge in [-0.05, 0) is 37.8 Å². The molecule has 3 amide bonds. The Kier molecular flexibility index (Phi) is 6.30. The number of nitrogens with one attached hydrogen (secondary N) is 1. The van der Waals surface area contributed by atoms with E-state index in [2.05, 4.69) is 10.5 Å². The van der Waals surface area contributed by atoms with Crippen LogP contribution in [0.2, 0.25) is 0 Å². The van der Waals surface area contributed by atoms with Crippen molar-refractivity contribution >= 4 is 22.9 Å². The molecular weight excluding hydrogens is 427 g/mol. The van der Waals surface area contributed by atoms with Crippen LogP contribution in [0.5, 0.6) is 5.75 Å². The van der Waals surface area contributed by atoms with Crippen molar-refractivity contribution in [2.24, 2.45) is 5.92 Å². The van der Waals surface area contributed by atoms with Crippen molar-refractivity contribution in [3.8, 4) is 5.75 Å². The van der Waals surface area contributed by atoms with Crippen LogP contribution in [0.4, 0.5) is 18.0 Å². The fourth-order valence-electron chi connectivity index (χ4n) is 4.58. The first-order valence-electron chi connectivity index (χ1n) is 11.0. The van der Waals surface area contributed by atoms with Crippen LogP contribution < -0.4 is 10.1 Å². The highest BCUT2D eigenvalue weighted by molar-refractivity contribution is 5.96. The van der Waals surface area contributed by atoms with Crippen LogP contribution in [0.1, 0.15) is 56.7 Å². The van der Waals surface area contributed by atoms with Crippen molar-refractivity contribution < 1.29 is 32.0 Å². The fourth-order valence-corrected chi connectivity index (χ4v) is 4.58. The lowest BCUT2D eigenvalue weighted by Crippen LogP contribution is -2.53. The number of rotatable bonds is 6. The average Bonchev–Trinajstić information content (AvgIpc) is 3.19. The highest BCUT2D eigenvalue weighted by Crippen LogP contribution is 2.39. The monoisotopic (exact) mass is 453 g/mol. The first-order chi connectivity index (χ1) is 15.3. The van der Waals surface area contributed by atoms with Gasteiger partial charge in [-0.15, -0.1) is 0 Å². The molecule has 1 aliphatic carbocycles. The van der Waals surface area contributed by atoms with E-state index >= 15 is 0 Å². The normalized spacial score (nSPS) is 22.3. The van der Waals surface area contributed by atoms with Gasteiger partial charge in [0.2, 0.25) is 5.91 Å². The van der Waals surface area contributed by atoms with Gasteiger partial charge in [-0.3, -0.25) is 9.69 Å². The molecule has 1 aromatic heterocycles. The fraction of sp³-hybridized carbons (Fsp3) is 0.591. The largest absolute Gasteiger partial charge is 0.490 e. The number of alkyl halides is 3. The summed E-state index contributed by atoms with van der Waals surface area (Å²) in [6, 6.07) is 2.49. The zero-order chi connectivity index (χ0) is 22.9. The quantitative estimate of drug-likeness (QED) is 0.687. The number of hydrogen-bond donors (Lipinski definition) is 1. The van der Waals surface area contributed by atoms with Crippen LogP contribution in [0.25, 0.3) is 11.0 Å². The number of nitrogens with zero attached hydrogens (tertiary/aromatic N) is 2. The predicted molar refractivity (Wildman–Crippen MR) is 109 cm³/mol. The minimum absolute atomic E-state index is 0.0535. The summed E-state index contributed by atoms with van der Waals surface area (Å²) in [7, 11) is 0. The summed E-state index contributed by atoms with van der Waals surface area (Å²) in [6.07, 6.45) is 0.0121. The number of aryl methyl sites for hydroxylation is 1. The number of urea groups is 1. The van der Waals surface area contributed by atoms with E-state index in [4.69, 9.17) is 9.26 Å². The van der Waals surface area contributed by atoms with E-state index in [0.717, 1.165) is 25.7 Å². The maximum Gasteiger partial charge on any atom is 0.437 e. The number of amides is 3. The van der Waals surface area contributed by atoms with Crippen molar-refractivity contribution in [1.29, 1.82) is 0 Å². The van der Waals surface area contributed by atoms with Crippen molar-refractivity contribution in [3.05, 3.63) is 23.4 Å². The van der Waals surface area contributed by atoms with Gasteiger partial charge in [0, 0.05) is 31.0 Å². The van der Waals surface area contributed by atoms with E-state index in [1.165, 1.54) is 11.0 Å². The highest BCUT2D eigenvalue weighted by atomic mass is 19.4. The second kappa shape index (κ2) is 8.99. The van der Waals surface area contributed by atoms with Gasteiger partial charge in [-0.1, -0.05) is 24.9 Å². The lowest BCUT2D eigenvalue weighted by atomic mass is 9.85. The third-order valence-corrected chi connectivity index (χ3v) is 6.17. The van der Waals surface area contributed by atoms with Crippen LogP contribution in [0, 0.1) is 5.92 Å². The third kappa shape index (κ3) is 4.40. The second-order valence-electron chi connectivity index (χ2n) is 8.38. The summed E-state index contributed by atoms with van der Waals surface area (Å²) in [4.78, 5) is 25.6. The number of carbonyl (C=O) groups excluding carboxylic acids is 2. The molecular formula is C22H26F3N3O4. The van der Waals surface area contributed by atoms with E-state index in [-0.39, 0.29) is 47.9 Å². The van der Waals surface area contributed by atoms with Crippen LogP contribution in [0.15, 0.2) is 16.7 Å². The molecule has 10 heteroatoms. The topological polar surface area (TPSA) is 84.7 Å². The number of hydrogen-bond acceptors (Lipinski definition) is 5. The molecule has 4 rings (SSSR count). The van der Waals surface area contributed by atoms with Crippen molar-refractivity contribution in [3.63, 3.8) is 0 Å². The van der Waals surface area contributed by atoms with Crippen LogP contribution in [-0.2, 0) is 17.4 Å². The lowest BCUT2D eigenvalue weighted by molar-refractivity contribution is -0.141.